The van der Waals surface area contributed by atoms with Gasteiger partial charge >= 0.3 is 5.97 Å². The van der Waals surface area contributed by atoms with E-state index < -0.39 is 5.97 Å². The molecule has 0 spiro atoms. The fourth-order valence-corrected chi connectivity index (χ4v) is 4.91. The average molecular weight is 484 g/mol. The molecule has 2 aromatic heterocycles. The number of hydrogen-bond acceptors (Lipinski definition) is 8. The van der Waals surface area contributed by atoms with Gasteiger partial charge < -0.3 is 24.1 Å². The zero-order chi connectivity index (χ0) is 24.1. The third-order valence-corrected chi connectivity index (χ3v) is 6.58. The summed E-state index contributed by atoms with van der Waals surface area (Å²) < 4.78 is 16.3. The fourth-order valence-electron chi connectivity index (χ4n) is 3.96. The first kappa shape index (κ1) is 23.8. The monoisotopic (exact) mass is 483 g/mol. The van der Waals surface area contributed by atoms with E-state index in [1.807, 2.05) is 42.6 Å². The van der Waals surface area contributed by atoms with Gasteiger partial charge in [0.05, 0.1) is 20.3 Å². The highest BCUT2D eigenvalue weighted by Crippen LogP contribution is 2.37. The number of amides is 1. The lowest BCUT2D eigenvalue weighted by Gasteiger charge is -2.35. The highest BCUT2D eigenvalue weighted by Gasteiger charge is 2.25. The lowest BCUT2D eigenvalue weighted by Crippen LogP contribution is -2.48. The van der Waals surface area contributed by atoms with Crippen molar-refractivity contribution >= 4 is 33.9 Å². The van der Waals surface area contributed by atoms with E-state index in [1.165, 1.54) is 11.3 Å². The van der Waals surface area contributed by atoms with E-state index >= 15 is 0 Å². The number of furan rings is 1. The maximum absolute atomic E-state index is 12.8. The summed E-state index contributed by atoms with van der Waals surface area (Å²) in [7, 11) is 1.66. The first-order valence-electron chi connectivity index (χ1n) is 11.2. The highest BCUT2D eigenvalue weighted by molar-refractivity contribution is 7.15. The topological polar surface area (TPSA) is 84.2 Å². The summed E-state index contributed by atoms with van der Waals surface area (Å²) >= 11 is 1.29. The summed E-state index contributed by atoms with van der Waals surface area (Å²) in [6.45, 7) is 7.25. The van der Waals surface area contributed by atoms with Crippen molar-refractivity contribution in [2.45, 2.75) is 13.8 Å². The molecular weight excluding hydrogens is 454 g/mol. The number of carbonyl (C=O) groups excluding carboxylic acids is 2. The molecule has 1 amide bonds. The Hall–Kier alpha value is -3.30. The number of piperazine rings is 1. The van der Waals surface area contributed by atoms with E-state index in [9.17, 15) is 9.59 Å². The minimum absolute atomic E-state index is 0.163. The Morgan fingerprint density at radius 1 is 1.15 bits per heavy atom. The number of aryl methyl sites for hydroxylation is 1. The number of carbonyl (C=O) groups is 2. The Kier molecular flexibility index (Phi) is 7.54. The molecule has 0 atom stereocenters. The van der Waals surface area contributed by atoms with Crippen LogP contribution in [0.25, 0.3) is 11.3 Å². The number of methoxy groups -OCH3 is 1. The van der Waals surface area contributed by atoms with Crippen LogP contribution in [0.4, 0.5) is 10.7 Å². The number of hydrogen-bond donors (Lipinski definition) is 1. The molecule has 3 aromatic rings. The summed E-state index contributed by atoms with van der Waals surface area (Å²) in [5.41, 5.74) is 2.07. The van der Waals surface area contributed by atoms with Crippen molar-refractivity contribution in [1.29, 1.82) is 0 Å². The number of nitrogens with one attached hydrogen (secondary N) is 1. The van der Waals surface area contributed by atoms with E-state index in [0.717, 1.165) is 43.4 Å². The zero-order valence-corrected chi connectivity index (χ0v) is 20.4. The van der Waals surface area contributed by atoms with Gasteiger partial charge in [-0.25, -0.2) is 4.79 Å². The third-order valence-electron chi connectivity index (χ3n) is 5.69. The molecule has 0 bridgehead atoms. The van der Waals surface area contributed by atoms with E-state index in [1.54, 1.807) is 14.0 Å². The van der Waals surface area contributed by atoms with Crippen LogP contribution in [0.2, 0.25) is 0 Å². The predicted octanol–water partition coefficient (Wildman–Crippen LogP) is 4.26. The Bertz CT molecular complexity index is 1150. The van der Waals surface area contributed by atoms with Crippen LogP contribution in [0.1, 0.15) is 23.0 Å². The van der Waals surface area contributed by atoms with Crippen LogP contribution in [-0.4, -0.2) is 63.2 Å². The van der Waals surface area contributed by atoms with Gasteiger partial charge in [0.2, 0.25) is 5.91 Å². The van der Waals surface area contributed by atoms with Crippen LogP contribution in [0.15, 0.2) is 46.2 Å². The molecule has 1 saturated heterocycles. The lowest BCUT2D eigenvalue weighted by molar-refractivity contribution is -0.117. The molecule has 3 heterocycles. The van der Waals surface area contributed by atoms with Gasteiger partial charge in [-0.15, -0.1) is 11.3 Å². The van der Waals surface area contributed by atoms with Crippen LogP contribution in [0, 0.1) is 6.92 Å². The maximum atomic E-state index is 12.8. The van der Waals surface area contributed by atoms with Gasteiger partial charge in [0.1, 0.15) is 27.8 Å². The number of esters is 1. The minimum Gasteiger partial charge on any atom is -0.497 e. The molecule has 34 heavy (non-hydrogen) atoms. The van der Waals surface area contributed by atoms with Crippen molar-refractivity contribution < 1.29 is 23.5 Å². The van der Waals surface area contributed by atoms with Crippen molar-refractivity contribution in [3.05, 3.63) is 53.1 Å². The molecule has 1 aliphatic rings. The van der Waals surface area contributed by atoms with Gasteiger partial charge in [-0.3, -0.25) is 9.69 Å². The summed E-state index contributed by atoms with van der Waals surface area (Å²) in [6, 6.07) is 11.6. The smallest absolute Gasteiger partial charge is 0.341 e. The Morgan fingerprint density at radius 2 is 1.94 bits per heavy atom. The molecule has 9 heteroatoms. The number of ether oxygens (including phenoxy) is 2. The molecule has 4 rings (SSSR count). The molecule has 1 fully saturated rings. The number of anilines is 2. The van der Waals surface area contributed by atoms with Crippen LogP contribution >= 0.6 is 11.3 Å². The Labute approximate surface area is 203 Å². The predicted molar refractivity (Wildman–Crippen MR) is 133 cm³/mol. The van der Waals surface area contributed by atoms with Crippen LogP contribution in [0.3, 0.4) is 0 Å². The highest BCUT2D eigenvalue weighted by atomic mass is 32.1. The van der Waals surface area contributed by atoms with Gasteiger partial charge in [0, 0.05) is 48.9 Å². The maximum Gasteiger partial charge on any atom is 0.341 e. The number of rotatable bonds is 8. The van der Waals surface area contributed by atoms with Gasteiger partial charge in [-0.1, -0.05) is 6.07 Å². The number of thiophene rings is 1. The fraction of sp³-hybridized carbons (Fsp3) is 0.360. The molecule has 180 valence electrons. The second-order valence-electron chi connectivity index (χ2n) is 8.00. The van der Waals surface area contributed by atoms with E-state index in [-0.39, 0.29) is 19.1 Å². The van der Waals surface area contributed by atoms with E-state index in [2.05, 4.69) is 21.2 Å². The third kappa shape index (κ3) is 5.43. The lowest BCUT2D eigenvalue weighted by atomic mass is 10.1. The minimum atomic E-state index is -0.477. The van der Waals surface area contributed by atoms with E-state index in [0.29, 0.717) is 21.9 Å². The molecule has 1 aliphatic heterocycles. The van der Waals surface area contributed by atoms with Crippen LogP contribution < -0.4 is 15.0 Å². The standard InChI is InChI=1S/C25H29N3O5S/c1-4-32-25(30)23-20(21-9-8-17(2)33-21)16-34-24(23)26-22(29)15-27-10-12-28(13-11-27)18-6-5-7-19(14-18)31-3/h5-9,14,16H,4,10-13,15H2,1-3H3,(H,26,29). The van der Waals surface area contributed by atoms with Gasteiger partial charge in [0.25, 0.3) is 0 Å². The van der Waals surface area contributed by atoms with Gasteiger partial charge in [-0.05, 0) is 38.1 Å². The summed E-state index contributed by atoms with van der Waals surface area (Å²) in [4.78, 5) is 29.9. The van der Waals surface area contributed by atoms with Gasteiger partial charge in [0.15, 0.2) is 0 Å². The first-order valence-corrected chi connectivity index (χ1v) is 12.1. The van der Waals surface area contributed by atoms with Crippen LogP contribution in [0.5, 0.6) is 5.75 Å². The second-order valence-corrected chi connectivity index (χ2v) is 8.88. The molecular formula is C25H29N3O5S. The number of nitrogens with zero attached hydrogens (tertiary/aromatic N) is 2. The van der Waals surface area contributed by atoms with Gasteiger partial charge in [-0.2, -0.15) is 0 Å². The molecule has 8 nitrogen and oxygen atoms in total. The number of benzene rings is 1. The normalized spacial score (nSPS) is 14.1. The molecule has 0 saturated carbocycles. The van der Waals surface area contributed by atoms with Crippen LogP contribution in [-0.2, 0) is 9.53 Å². The molecule has 0 unspecified atom stereocenters. The van der Waals surface area contributed by atoms with Crippen molar-refractivity contribution in [3.63, 3.8) is 0 Å². The molecule has 0 radical (unpaired) electrons. The molecule has 1 N–H and O–H groups in total. The molecule has 0 aliphatic carbocycles. The summed E-state index contributed by atoms with van der Waals surface area (Å²) in [6.07, 6.45) is 0. The quantitative estimate of drug-likeness (QED) is 0.479. The average Bonchev–Trinajstić information content (AvgIpc) is 3.45. The van der Waals surface area contributed by atoms with Crippen molar-refractivity contribution in [3.8, 4) is 17.1 Å². The van der Waals surface area contributed by atoms with Crippen molar-refractivity contribution in [2.24, 2.45) is 0 Å². The SMILES string of the molecule is CCOC(=O)c1c(-c2ccc(C)o2)csc1NC(=O)CN1CCN(c2cccc(OC)c2)CC1. The Morgan fingerprint density at radius 3 is 2.62 bits per heavy atom. The largest absolute Gasteiger partial charge is 0.497 e. The van der Waals surface area contributed by atoms with Crippen molar-refractivity contribution in [1.82, 2.24) is 4.90 Å². The Balaban J connectivity index is 1.39. The summed E-state index contributed by atoms with van der Waals surface area (Å²) in [5, 5.41) is 5.20. The second kappa shape index (κ2) is 10.8. The van der Waals surface area contributed by atoms with Crippen molar-refractivity contribution in [2.75, 3.05) is 56.7 Å². The molecule has 1 aromatic carbocycles. The zero-order valence-electron chi connectivity index (χ0n) is 19.6. The first-order chi connectivity index (χ1) is 16.5. The summed E-state index contributed by atoms with van der Waals surface area (Å²) in [5.74, 6) is 1.51. The van der Waals surface area contributed by atoms with E-state index in [4.69, 9.17) is 13.9 Å².